The zero-order valence-electron chi connectivity index (χ0n) is 13.6. The first-order valence-electron chi connectivity index (χ1n) is 7.46. The van der Waals surface area contributed by atoms with Crippen LogP contribution in [0.3, 0.4) is 0 Å². The Bertz CT molecular complexity index is 595. The molecule has 0 spiro atoms. The van der Waals surface area contributed by atoms with Crippen molar-refractivity contribution in [3.05, 3.63) is 40.4 Å². The summed E-state index contributed by atoms with van der Waals surface area (Å²) in [6.45, 7) is 7.06. The summed E-state index contributed by atoms with van der Waals surface area (Å²) in [6.07, 6.45) is -0.489. The zero-order chi connectivity index (χ0) is 16.1. The summed E-state index contributed by atoms with van der Waals surface area (Å²) in [7, 11) is 1.59. The molecule has 0 aliphatic rings. The summed E-state index contributed by atoms with van der Waals surface area (Å²) >= 11 is 1.71. The average Bonchev–Trinajstić information content (AvgIpc) is 2.88. The van der Waals surface area contributed by atoms with Crippen molar-refractivity contribution in [1.82, 2.24) is 10.3 Å². The zero-order valence-corrected chi connectivity index (χ0v) is 14.4. The molecule has 0 saturated heterocycles. The Labute approximate surface area is 136 Å². The highest BCUT2D eigenvalue weighted by Crippen LogP contribution is 2.31. The molecule has 2 unspecified atom stereocenters. The van der Waals surface area contributed by atoms with Crippen LogP contribution in [0.5, 0.6) is 0 Å². The molecule has 0 radical (unpaired) electrons. The van der Waals surface area contributed by atoms with Crippen LogP contribution < -0.4 is 5.32 Å². The van der Waals surface area contributed by atoms with E-state index in [-0.39, 0.29) is 6.04 Å². The van der Waals surface area contributed by atoms with Crippen LogP contribution in [-0.4, -0.2) is 36.5 Å². The number of hydrogen-bond donors (Lipinski definition) is 2. The first-order chi connectivity index (χ1) is 10.5. The molecule has 0 aliphatic heterocycles. The maximum absolute atomic E-state index is 9.72. The van der Waals surface area contributed by atoms with Crippen molar-refractivity contribution < 1.29 is 9.84 Å². The predicted octanol–water partition coefficient (Wildman–Crippen LogP) is 3.08. The van der Waals surface area contributed by atoms with Gasteiger partial charge in [-0.25, -0.2) is 4.98 Å². The molecule has 0 saturated carbocycles. The average molecular weight is 320 g/mol. The van der Waals surface area contributed by atoms with Crippen molar-refractivity contribution in [2.24, 2.45) is 0 Å². The lowest BCUT2D eigenvalue weighted by molar-refractivity contribution is 0.0631. The summed E-state index contributed by atoms with van der Waals surface area (Å²) < 4.78 is 4.94. The van der Waals surface area contributed by atoms with E-state index >= 15 is 0 Å². The first-order valence-corrected chi connectivity index (χ1v) is 8.27. The highest BCUT2D eigenvalue weighted by Gasteiger charge is 2.16. The van der Waals surface area contributed by atoms with Crippen LogP contribution >= 0.6 is 11.3 Å². The Balaban J connectivity index is 2.07. The summed E-state index contributed by atoms with van der Waals surface area (Å²) in [4.78, 5) is 5.89. The van der Waals surface area contributed by atoms with Crippen LogP contribution in [0.4, 0.5) is 0 Å². The van der Waals surface area contributed by atoms with Crippen molar-refractivity contribution >= 4 is 11.3 Å². The lowest BCUT2D eigenvalue weighted by Gasteiger charge is -2.16. The van der Waals surface area contributed by atoms with Gasteiger partial charge in [-0.3, -0.25) is 0 Å². The fourth-order valence-corrected chi connectivity index (χ4v) is 3.38. The predicted molar refractivity (Wildman–Crippen MR) is 91.3 cm³/mol. The Morgan fingerprint density at radius 2 is 1.95 bits per heavy atom. The molecule has 2 rings (SSSR count). The number of nitrogens with one attached hydrogen (secondary N) is 1. The van der Waals surface area contributed by atoms with Gasteiger partial charge in [0, 0.05) is 30.1 Å². The first kappa shape index (κ1) is 17.1. The van der Waals surface area contributed by atoms with Crippen molar-refractivity contribution in [2.45, 2.75) is 32.9 Å². The van der Waals surface area contributed by atoms with Gasteiger partial charge in [-0.05, 0) is 20.8 Å². The number of nitrogens with zero attached hydrogens (tertiary/aromatic N) is 1. The number of aliphatic hydroxyl groups is 1. The van der Waals surface area contributed by atoms with Crippen molar-refractivity contribution in [2.75, 3.05) is 20.3 Å². The standard InChI is InChI=1S/C17H24N2O2S/c1-11-5-7-14(8-6-11)17-19-13(3)16(22-17)12(2)18-9-15(20)10-21-4/h5-8,12,15,18,20H,9-10H2,1-4H3. The highest BCUT2D eigenvalue weighted by atomic mass is 32.1. The molecule has 5 heteroatoms. The lowest BCUT2D eigenvalue weighted by atomic mass is 10.2. The normalized spacial score (nSPS) is 14.0. The maximum Gasteiger partial charge on any atom is 0.123 e. The van der Waals surface area contributed by atoms with Crippen LogP contribution in [0.25, 0.3) is 10.6 Å². The molecule has 4 nitrogen and oxygen atoms in total. The van der Waals surface area contributed by atoms with Gasteiger partial charge in [-0.15, -0.1) is 11.3 Å². The molecule has 1 aromatic carbocycles. The number of aliphatic hydroxyl groups excluding tert-OH is 1. The van der Waals surface area contributed by atoms with E-state index < -0.39 is 6.10 Å². The monoisotopic (exact) mass is 320 g/mol. The number of aromatic nitrogens is 1. The van der Waals surface area contributed by atoms with Gasteiger partial charge in [0.05, 0.1) is 18.4 Å². The van der Waals surface area contributed by atoms with Gasteiger partial charge in [0.25, 0.3) is 0 Å². The molecule has 0 amide bonds. The van der Waals surface area contributed by atoms with E-state index in [4.69, 9.17) is 4.74 Å². The Morgan fingerprint density at radius 3 is 2.59 bits per heavy atom. The van der Waals surface area contributed by atoms with Crippen LogP contribution in [0, 0.1) is 13.8 Å². The Morgan fingerprint density at radius 1 is 1.27 bits per heavy atom. The minimum absolute atomic E-state index is 0.156. The van der Waals surface area contributed by atoms with Gasteiger partial charge in [0.2, 0.25) is 0 Å². The number of aryl methyl sites for hydroxylation is 2. The molecule has 22 heavy (non-hydrogen) atoms. The molecule has 0 fully saturated rings. The number of ether oxygens (including phenoxy) is 1. The Kier molecular flexibility index (Phi) is 6.08. The maximum atomic E-state index is 9.72. The summed E-state index contributed by atoms with van der Waals surface area (Å²) in [5.41, 5.74) is 3.44. The van der Waals surface area contributed by atoms with Crippen molar-refractivity contribution in [1.29, 1.82) is 0 Å². The molecule has 2 atom stereocenters. The molecule has 0 bridgehead atoms. The second kappa shape index (κ2) is 7.83. The lowest BCUT2D eigenvalue weighted by Crippen LogP contribution is -2.31. The van der Waals surface area contributed by atoms with Gasteiger partial charge in [-0.2, -0.15) is 0 Å². The third kappa shape index (κ3) is 4.36. The minimum Gasteiger partial charge on any atom is -0.389 e. The van der Waals surface area contributed by atoms with E-state index in [1.165, 1.54) is 10.4 Å². The number of rotatable bonds is 7. The smallest absolute Gasteiger partial charge is 0.123 e. The second-order valence-electron chi connectivity index (χ2n) is 5.57. The van der Waals surface area contributed by atoms with Crippen molar-refractivity contribution in [3.63, 3.8) is 0 Å². The molecule has 1 aromatic heterocycles. The van der Waals surface area contributed by atoms with E-state index in [2.05, 4.69) is 48.4 Å². The third-order valence-electron chi connectivity index (χ3n) is 3.54. The molecular weight excluding hydrogens is 296 g/mol. The summed E-state index contributed by atoms with van der Waals surface area (Å²) in [5, 5.41) is 14.1. The second-order valence-corrected chi connectivity index (χ2v) is 6.60. The fourth-order valence-electron chi connectivity index (χ4n) is 2.29. The molecular formula is C17H24N2O2S. The molecule has 120 valence electrons. The van der Waals surface area contributed by atoms with Crippen LogP contribution in [0.15, 0.2) is 24.3 Å². The van der Waals surface area contributed by atoms with Gasteiger partial charge >= 0.3 is 0 Å². The van der Waals surface area contributed by atoms with Crippen LogP contribution in [0.2, 0.25) is 0 Å². The van der Waals surface area contributed by atoms with E-state index in [1.54, 1.807) is 18.4 Å². The number of benzene rings is 1. The number of methoxy groups -OCH3 is 1. The minimum atomic E-state index is -0.489. The van der Waals surface area contributed by atoms with Gasteiger partial charge < -0.3 is 15.2 Å². The topological polar surface area (TPSA) is 54.4 Å². The number of thiazole rings is 1. The SMILES string of the molecule is COCC(O)CNC(C)c1sc(-c2ccc(C)cc2)nc1C. The molecule has 0 aliphatic carbocycles. The van der Waals surface area contributed by atoms with Crippen molar-refractivity contribution in [3.8, 4) is 10.6 Å². The molecule has 2 aromatic rings. The van der Waals surface area contributed by atoms with E-state index in [0.29, 0.717) is 13.2 Å². The quantitative estimate of drug-likeness (QED) is 0.823. The summed E-state index contributed by atoms with van der Waals surface area (Å²) in [5.74, 6) is 0. The van der Waals surface area contributed by atoms with E-state index in [9.17, 15) is 5.11 Å². The molecule has 1 heterocycles. The third-order valence-corrected chi connectivity index (χ3v) is 4.93. The highest BCUT2D eigenvalue weighted by molar-refractivity contribution is 7.15. The van der Waals surface area contributed by atoms with Crippen LogP contribution in [-0.2, 0) is 4.74 Å². The fraction of sp³-hybridized carbons (Fsp3) is 0.471. The van der Waals surface area contributed by atoms with Crippen LogP contribution in [0.1, 0.15) is 29.1 Å². The van der Waals surface area contributed by atoms with Gasteiger partial charge in [0.15, 0.2) is 0 Å². The largest absolute Gasteiger partial charge is 0.389 e. The van der Waals surface area contributed by atoms with E-state index in [1.807, 2.05) is 6.92 Å². The number of hydrogen-bond acceptors (Lipinski definition) is 5. The molecule has 2 N–H and O–H groups in total. The summed E-state index contributed by atoms with van der Waals surface area (Å²) in [6, 6.07) is 8.59. The van der Waals surface area contributed by atoms with E-state index in [0.717, 1.165) is 16.3 Å². The Hall–Kier alpha value is -1.27. The van der Waals surface area contributed by atoms with Gasteiger partial charge in [-0.1, -0.05) is 29.8 Å². The van der Waals surface area contributed by atoms with Gasteiger partial charge in [0.1, 0.15) is 5.01 Å².